The molecule has 162 valence electrons. The molecule has 6 nitrogen and oxygen atoms in total. The van der Waals surface area contributed by atoms with Crippen LogP contribution in [0.1, 0.15) is 19.3 Å². The van der Waals surface area contributed by atoms with Gasteiger partial charge in [-0.1, -0.05) is 0 Å². The van der Waals surface area contributed by atoms with E-state index < -0.39 is 9.84 Å². The predicted molar refractivity (Wildman–Crippen MR) is 114 cm³/mol. The van der Waals surface area contributed by atoms with Crippen LogP contribution in [-0.4, -0.2) is 58.3 Å². The lowest BCUT2D eigenvalue weighted by atomic mass is 10.2. The Balaban J connectivity index is 1.41. The molecule has 1 amide bonds. The van der Waals surface area contributed by atoms with Crippen LogP contribution in [0.2, 0.25) is 0 Å². The maximum absolute atomic E-state index is 13.1. The van der Waals surface area contributed by atoms with Crippen LogP contribution in [0.15, 0.2) is 53.4 Å². The summed E-state index contributed by atoms with van der Waals surface area (Å²) in [6.45, 7) is 3.30. The van der Waals surface area contributed by atoms with E-state index in [0.717, 1.165) is 31.5 Å². The number of carbonyl (C=O) groups is 1. The molecule has 1 heterocycles. The molecule has 0 radical (unpaired) electrons. The molecule has 1 saturated heterocycles. The van der Waals surface area contributed by atoms with Crippen LogP contribution in [0.3, 0.4) is 0 Å². The van der Waals surface area contributed by atoms with Gasteiger partial charge in [0.25, 0.3) is 0 Å². The monoisotopic (exact) mass is 434 g/mol. The summed E-state index contributed by atoms with van der Waals surface area (Å²) in [5, 5.41) is 0. The number of halogens is 1. The van der Waals surface area contributed by atoms with Crippen molar-refractivity contribution in [1.82, 2.24) is 4.90 Å². The summed E-state index contributed by atoms with van der Waals surface area (Å²) in [5.41, 5.74) is 0.973. The van der Waals surface area contributed by atoms with E-state index in [1.165, 1.54) is 24.3 Å². The summed E-state index contributed by atoms with van der Waals surface area (Å²) >= 11 is 0. The Labute approximate surface area is 177 Å². The Morgan fingerprint density at radius 2 is 1.70 bits per heavy atom. The SMILES string of the molecule is CS(=O)(=O)c1ccc(OCCCC(=O)N2CCCN(c3ccc(F)cc3)CC2)cc1. The van der Waals surface area contributed by atoms with E-state index >= 15 is 0 Å². The average molecular weight is 435 g/mol. The van der Waals surface area contributed by atoms with Crippen molar-refractivity contribution < 1.29 is 22.3 Å². The van der Waals surface area contributed by atoms with Gasteiger partial charge in [-0.3, -0.25) is 4.79 Å². The maximum Gasteiger partial charge on any atom is 0.222 e. The number of carbonyl (C=O) groups excluding carboxylic acids is 1. The van der Waals surface area contributed by atoms with Gasteiger partial charge in [-0.2, -0.15) is 0 Å². The Kier molecular flexibility index (Phi) is 7.31. The lowest BCUT2D eigenvalue weighted by Crippen LogP contribution is -2.35. The number of amides is 1. The lowest BCUT2D eigenvalue weighted by Gasteiger charge is -2.23. The number of nitrogens with zero attached hydrogens (tertiary/aromatic N) is 2. The first kappa shape index (κ1) is 22.1. The zero-order chi connectivity index (χ0) is 21.6. The van der Waals surface area contributed by atoms with Crippen molar-refractivity contribution in [3.63, 3.8) is 0 Å². The normalized spacial score (nSPS) is 15.0. The topological polar surface area (TPSA) is 66.9 Å². The van der Waals surface area contributed by atoms with Crippen molar-refractivity contribution in [2.45, 2.75) is 24.2 Å². The number of benzene rings is 2. The van der Waals surface area contributed by atoms with Crippen molar-refractivity contribution in [2.75, 3.05) is 43.9 Å². The molecule has 1 fully saturated rings. The molecule has 1 aliphatic heterocycles. The highest BCUT2D eigenvalue weighted by atomic mass is 32.2. The molecule has 0 spiro atoms. The maximum atomic E-state index is 13.1. The summed E-state index contributed by atoms with van der Waals surface area (Å²) in [7, 11) is -3.22. The molecule has 2 aromatic carbocycles. The molecule has 1 aliphatic rings. The van der Waals surface area contributed by atoms with Gasteiger partial charge in [-0.15, -0.1) is 0 Å². The lowest BCUT2D eigenvalue weighted by molar-refractivity contribution is -0.131. The molecule has 0 bridgehead atoms. The number of ether oxygens (including phenoxy) is 1. The highest BCUT2D eigenvalue weighted by Gasteiger charge is 2.19. The molecule has 0 aliphatic carbocycles. The molecule has 0 unspecified atom stereocenters. The third kappa shape index (κ3) is 6.19. The Hall–Kier alpha value is -2.61. The smallest absolute Gasteiger partial charge is 0.222 e. The van der Waals surface area contributed by atoms with E-state index in [-0.39, 0.29) is 16.6 Å². The number of anilines is 1. The van der Waals surface area contributed by atoms with E-state index in [0.29, 0.717) is 38.3 Å². The highest BCUT2D eigenvalue weighted by molar-refractivity contribution is 7.90. The van der Waals surface area contributed by atoms with Crippen LogP contribution in [0.4, 0.5) is 10.1 Å². The van der Waals surface area contributed by atoms with Crippen molar-refractivity contribution >= 4 is 21.4 Å². The Bertz CT molecular complexity index is 946. The van der Waals surface area contributed by atoms with E-state index in [4.69, 9.17) is 4.74 Å². The molecule has 3 rings (SSSR count). The molecule has 0 N–H and O–H groups in total. The van der Waals surface area contributed by atoms with Gasteiger partial charge in [0.2, 0.25) is 5.91 Å². The minimum absolute atomic E-state index is 0.104. The van der Waals surface area contributed by atoms with E-state index in [2.05, 4.69) is 4.90 Å². The fraction of sp³-hybridized carbons (Fsp3) is 0.409. The summed E-state index contributed by atoms with van der Waals surface area (Å²) in [5.74, 6) is 0.436. The van der Waals surface area contributed by atoms with Gasteiger partial charge in [0.05, 0.1) is 11.5 Å². The van der Waals surface area contributed by atoms with Gasteiger partial charge in [0, 0.05) is 44.5 Å². The second-order valence-electron chi connectivity index (χ2n) is 7.39. The fourth-order valence-electron chi connectivity index (χ4n) is 3.43. The molecule has 0 aromatic heterocycles. The van der Waals surface area contributed by atoms with Gasteiger partial charge in [-0.05, 0) is 61.4 Å². The molecule has 0 atom stereocenters. The summed E-state index contributed by atoms with van der Waals surface area (Å²) < 4.78 is 41.7. The van der Waals surface area contributed by atoms with Crippen molar-refractivity contribution in [1.29, 1.82) is 0 Å². The third-order valence-electron chi connectivity index (χ3n) is 5.10. The zero-order valence-electron chi connectivity index (χ0n) is 17.1. The van der Waals surface area contributed by atoms with Crippen LogP contribution < -0.4 is 9.64 Å². The van der Waals surface area contributed by atoms with Crippen LogP contribution in [0.25, 0.3) is 0 Å². The van der Waals surface area contributed by atoms with E-state index in [1.54, 1.807) is 24.3 Å². The van der Waals surface area contributed by atoms with Crippen LogP contribution >= 0.6 is 0 Å². The Morgan fingerprint density at radius 3 is 2.37 bits per heavy atom. The van der Waals surface area contributed by atoms with Crippen molar-refractivity contribution in [3.05, 3.63) is 54.3 Å². The van der Waals surface area contributed by atoms with E-state index in [9.17, 15) is 17.6 Å². The van der Waals surface area contributed by atoms with Crippen LogP contribution in [-0.2, 0) is 14.6 Å². The minimum Gasteiger partial charge on any atom is -0.494 e. The van der Waals surface area contributed by atoms with Gasteiger partial charge in [0.1, 0.15) is 11.6 Å². The number of hydrogen-bond acceptors (Lipinski definition) is 5. The highest BCUT2D eigenvalue weighted by Crippen LogP contribution is 2.18. The van der Waals surface area contributed by atoms with E-state index in [1.807, 2.05) is 4.90 Å². The molecule has 30 heavy (non-hydrogen) atoms. The first-order chi connectivity index (χ1) is 14.3. The molecular weight excluding hydrogens is 407 g/mol. The van der Waals surface area contributed by atoms with Gasteiger partial charge < -0.3 is 14.5 Å². The largest absolute Gasteiger partial charge is 0.494 e. The average Bonchev–Trinajstić information content (AvgIpc) is 2.98. The predicted octanol–water partition coefficient (Wildman–Crippen LogP) is 3.13. The quantitative estimate of drug-likeness (QED) is 0.627. The number of hydrogen-bond donors (Lipinski definition) is 0. The summed E-state index contributed by atoms with van der Waals surface area (Å²) in [4.78, 5) is 16.8. The second-order valence-corrected chi connectivity index (χ2v) is 9.41. The van der Waals surface area contributed by atoms with Crippen LogP contribution in [0, 0.1) is 5.82 Å². The van der Waals surface area contributed by atoms with Crippen molar-refractivity contribution in [2.24, 2.45) is 0 Å². The summed E-state index contributed by atoms with van der Waals surface area (Å²) in [6, 6.07) is 12.7. The van der Waals surface area contributed by atoms with Crippen LogP contribution in [0.5, 0.6) is 5.75 Å². The number of sulfone groups is 1. The molecule has 0 saturated carbocycles. The minimum atomic E-state index is -3.22. The second kappa shape index (κ2) is 9.93. The standard InChI is InChI=1S/C22H27FN2O4S/c1-30(27,28)21-11-9-20(10-12-21)29-17-2-4-22(26)25-14-3-13-24(15-16-25)19-7-5-18(23)6-8-19/h5-12H,2-4,13-17H2,1H3. The molecular formula is C22H27FN2O4S. The molecule has 2 aromatic rings. The van der Waals surface area contributed by atoms with Gasteiger partial charge in [-0.25, -0.2) is 12.8 Å². The Morgan fingerprint density at radius 1 is 1.00 bits per heavy atom. The third-order valence-corrected chi connectivity index (χ3v) is 6.22. The zero-order valence-corrected chi connectivity index (χ0v) is 17.9. The van der Waals surface area contributed by atoms with Gasteiger partial charge >= 0.3 is 0 Å². The van der Waals surface area contributed by atoms with Crippen molar-refractivity contribution in [3.8, 4) is 5.75 Å². The molecule has 8 heteroatoms. The van der Waals surface area contributed by atoms with Gasteiger partial charge in [0.15, 0.2) is 9.84 Å². The first-order valence-corrected chi connectivity index (χ1v) is 11.9. The summed E-state index contributed by atoms with van der Waals surface area (Å²) in [6.07, 6.45) is 3.02. The first-order valence-electron chi connectivity index (χ1n) is 10.0. The fourth-order valence-corrected chi connectivity index (χ4v) is 4.06. The number of rotatable bonds is 7.